The molecular formula is C27H47F3O. The zero-order valence-corrected chi connectivity index (χ0v) is 20.1. The summed E-state index contributed by atoms with van der Waals surface area (Å²) in [4.78, 5) is 0. The fourth-order valence-corrected chi connectivity index (χ4v) is 6.84. The Bertz CT molecular complexity index is 493. The van der Waals surface area contributed by atoms with Gasteiger partial charge < -0.3 is 4.74 Å². The first kappa shape index (κ1) is 25.4. The Morgan fingerprint density at radius 2 is 1.35 bits per heavy atom. The number of alkyl halides is 3. The molecule has 0 radical (unpaired) electrons. The largest absolute Gasteiger partial charge is 0.375 e. The molecular weight excluding hydrogens is 397 g/mol. The van der Waals surface area contributed by atoms with Crippen LogP contribution in [0.5, 0.6) is 0 Å². The van der Waals surface area contributed by atoms with Gasteiger partial charge in [0.15, 0.2) is 6.17 Å². The molecule has 1 nitrogen and oxygen atoms in total. The molecule has 3 fully saturated rings. The van der Waals surface area contributed by atoms with E-state index in [-0.39, 0.29) is 17.8 Å². The molecule has 0 heterocycles. The van der Waals surface area contributed by atoms with Crippen molar-refractivity contribution in [2.24, 2.45) is 29.6 Å². The molecule has 7 unspecified atom stereocenters. The van der Waals surface area contributed by atoms with Crippen molar-refractivity contribution in [3.05, 3.63) is 0 Å². The Hall–Kier alpha value is -0.250. The van der Waals surface area contributed by atoms with E-state index in [0.29, 0.717) is 31.8 Å². The molecule has 0 bridgehead atoms. The minimum atomic E-state index is -1.55. The molecule has 0 aromatic heterocycles. The van der Waals surface area contributed by atoms with Gasteiger partial charge in [-0.2, -0.15) is 0 Å². The summed E-state index contributed by atoms with van der Waals surface area (Å²) in [7, 11) is 0. The quantitative estimate of drug-likeness (QED) is 0.307. The van der Waals surface area contributed by atoms with Crippen molar-refractivity contribution in [1.82, 2.24) is 0 Å². The molecule has 31 heavy (non-hydrogen) atoms. The molecule has 0 aliphatic heterocycles. The summed E-state index contributed by atoms with van der Waals surface area (Å²) in [6, 6.07) is 0. The van der Waals surface area contributed by atoms with Gasteiger partial charge in [0.1, 0.15) is 12.3 Å². The molecule has 4 heteroatoms. The van der Waals surface area contributed by atoms with Gasteiger partial charge in [-0.15, -0.1) is 0 Å². The number of rotatable bonds is 10. The van der Waals surface area contributed by atoms with E-state index in [1.54, 1.807) is 0 Å². The van der Waals surface area contributed by atoms with Crippen LogP contribution < -0.4 is 0 Å². The molecule has 0 saturated heterocycles. The molecule has 7 atom stereocenters. The van der Waals surface area contributed by atoms with E-state index in [9.17, 15) is 8.78 Å². The summed E-state index contributed by atoms with van der Waals surface area (Å²) in [6.45, 7) is 4.83. The predicted octanol–water partition coefficient (Wildman–Crippen LogP) is 8.40. The zero-order chi connectivity index (χ0) is 22.2. The fourth-order valence-electron chi connectivity index (χ4n) is 6.84. The molecule has 182 valence electrons. The highest BCUT2D eigenvalue weighted by Gasteiger charge is 2.47. The number of ether oxygens (including phenoxy) is 1. The first-order chi connectivity index (χ1) is 15.0. The van der Waals surface area contributed by atoms with Crippen molar-refractivity contribution < 1.29 is 17.9 Å². The van der Waals surface area contributed by atoms with Gasteiger partial charge in [-0.25, -0.2) is 13.2 Å². The normalized spacial score (nSPS) is 41.9. The Labute approximate surface area is 189 Å². The van der Waals surface area contributed by atoms with Crippen LogP contribution >= 0.6 is 0 Å². The molecule has 0 aromatic rings. The third-order valence-corrected chi connectivity index (χ3v) is 8.86. The summed E-state index contributed by atoms with van der Waals surface area (Å²) in [5.41, 5.74) is 0. The second-order valence-corrected chi connectivity index (χ2v) is 10.9. The number of unbranched alkanes of at least 4 members (excludes halogenated alkanes) is 3. The summed E-state index contributed by atoms with van der Waals surface area (Å²) >= 11 is 0. The molecule has 3 aliphatic rings. The third-order valence-electron chi connectivity index (χ3n) is 8.86. The van der Waals surface area contributed by atoms with Crippen LogP contribution in [0.3, 0.4) is 0 Å². The van der Waals surface area contributed by atoms with Crippen molar-refractivity contribution in [2.75, 3.05) is 6.61 Å². The van der Waals surface area contributed by atoms with Crippen LogP contribution in [-0.2, 0) is 4.74 Å². The van der Waals surface area contributed by atoms with Crippen LogP contribution in [0.15, 0.2) is 0 Å². The number of halogens is 3. The number of hydrogen-bond donors (Lipinski definition) is 0. The van der Waals surface area contributed by atoms with Crippen LogP contribution in [0.2, 0.25) is 0 Å². The van der Waals surface area contributed by atoms with Crippen molar-refractivity contribution >= 4 is 0 Å². The van der Waals surface area contributed by atoms with Crippen LogP contribution in [0.1, 0.15) is 110 Å². The highest BCUT2D eigenvalue weighted by Crippen LogP contribution is 2.48. The first-order valence-corrected chi connectivity index (χ1v) is 13.6. The van der Waals surface area contributed by atoms with E-state index in [1.807, 2.05) is 0 Å². The maximum absolute atomic E-state index is 15.2. The van der Waals surface area contributed by atoms with Crippen molar-refractivity contribution in [1.29, 1.82) is 0 Å². The highest BCUT2D eigenvalue weighted by molar-refractivity contribution is 4.96. The van der Waals surface area contributed by atoms with E-state index < -0.39 is 24.6 Å². The minimum absolute atomic E-state index is 0.00137. The Morgan fingerprint density at radius 1 is 0.677 bits per heavy atom. The molecule has 3 aliphatic carbocycles. The van der Waals surface area contributed by atoms with Crippen molar-refractivity contribution in [3.8, 4) is 0 Å². The molecule has 3 rings (SSSR count). The topological polar surface area (TPSA) is 9.23 Å². The van der Waals surface area contributed by atoms with Gasteiger partial charge in [-0.05, 0) is 81.0 Å². The standard InChI is InChI=1S/C27H47F3O/c1-3-5-7-8-19-9-11-20(12-10-19)22-14-13-21(18-24(22)28)23-15-16-25(27(30)26(23)29)31-17-6-4-2/h19-27H,3-18H2,1-2H3. The van der Waals surface area contributed by atoms with Gasteiger partial charge >= 0.3 is 0 Å². The lowest BCUT2D eigenvalue weighted by Gasteiger charge is -2.44. The average Bonchev–Trinajstić information content (AvgIpc) is 2.78. The molecule has 0 aromatic carbocycles. The van der Waals surface area contributed by atoms with Gasteiger partial charge in [0.05, 0.1) is 6.10 Å². The molecule has 3 saturated carbocycles. The lowest BCUT2D eigenvalue weighted by molar-refractivity contribution is -0.0925. The Balaban J connectivity index is 1.43. The zero-order valence-electron chi connectivity index (χ0n) is 20.1. The molecule has 0 N–H and O–H groups in total. The smallest absolute Gasteiger partial charge is 0.157 e. The highest BCUT2D eigenvalue weighted by atomic mass is 19.2. The third kappa shape index (κ3) is 6.87. The van der Waals surface area contributed by atoms with Crippen LogP contribution in [0.4, 0.5) is 13.2 Å². The van der Waals surface area contributed by atoms with E-state index in [2.05, 4.69) is 13.8 Å². The maximum Gasteiger partial charge on any atom is 0.157 e. The Kier molecular flexibility index (Phi) is 10.5. The second-order valence-electron chi connectivity index (χ2n) is 10.9. The Morgan fingerprint density at radius 3 is 2.03 bits per heavy atom. The summed E-state index contributed by atoms with van der Waals surface area (Å²) in [5, 5.41) is 0. The molecule has 0 spiro atoms. The summed E-state index contributed by atoms with van der Waals surface area (Å²) < 4.78 is 50.5. The van der Waals surface area contributed by atoms with E-state index in [1.165, 1.54) is 51.4 Å². The van der Waals surface area contributed by atoms with Gasteiger partial charge in [0.2, 0.25) is 0 Å². The van der Waals surface area contributed by atoms with E-state index in [0.717, 1.165) is 31.6 Å². The predicted molar refractivity (Wildman–Crippen MR) is 122 cm³/mol. The van der Waals surface area contributed by atoms with Crippen LogP contribution in [0, 0.1) is 29.6 Å². The summed E-state index contributed by atoms with van der Waals surface area (Å²) in [6.07, 6.45) is 11.0. The van der Waals surface area contributed by atoms with Crippen molar-refractivity contribution in [3.63, 3.8) is 0 Å². The maximum atomic E-state index is 15.2. The molecule has 0 amide bonds. The van der Waals surface area contributed by atoms with E-state index >= 15 is 4.39 Å². The fraction of sp³-hybridized carbons (Fsp3) is 1.00. The van der Waals surface area contributed by atoms with Crippen LogP contribution in [-0.4, -0.2) is 31.2 Å². The SMILES string of the molecule is CCCCCC1CCC(C2CCC(C3CCC(OCCCC)C(F)C3F)CC2F)CC1. The van der Waals surface area contributed by atoms with Gasteiger partial charge in [0, 0.05) is 6.61 Å². The lowest BCUT2D eigenvalue weighted by atomic mass is 9.64. The summed E-state index contributed by atoms with van der Waals surface area (Å²) in [5.74, 6) is 1.19. The first-order valence-electron chi connectivity index (χ1n) is 13.6. The van der Waals surface area contributed by atoms with Crippen molar-refractivity contribution in [2.45, 2.75) is 135 Å². The van der Waals surface area contributed by atoms with Gasteiger partial charge in [-0.1, -0.05) is 58.8 Å². The van der Waals surface area contributed by atoms with Crippen LogP contribution in [0.25, 0.3) is 0 Å². The van der Waals surface area contributed by atoms with Gasteiger partial charge in [0.25, 0.3) is 0 Å². The van der Waals surface area contributed by atoms with E-state index in [4.69, 9.17) is 4.74 Å². The minimum Gasteiger partial charge on any atom is -0.375 e. The second kappa shape index (κ2) is 12.8. The monoisotopic (exact) mass is 444 g/mol. The average molecular weight is 445 g/mol. The number of hydrogen-bond acceptors (Lipinski definition) is 1. The lowest BCUT2D eigenvalue weighted by Crippen LogP contribution is -2.47. The van der Waals surface area contributed by atoms with Gasteiger partial charge in [-0.3, -0.25) is 0 Å².